The fourth-order valence-corrected chi connectivity index (χ4v) is 3.50. The number of rotatable bonds is 4. The van der Waals surface area contributed by atoms with E-state index >= 15 is 0 Å². The quantitative estimate of drug-likeness (QED) is 0.693. The zero-order valence-corrected chi connectivity index (χ0v) is 13.6. The lowest BCUT2D eigenvalue weighted by Gasteiger charge is -2.13. The third-order valence-electron chi connectivity index (χ3n) is 3.53. The molecule has 6 heteroatoms. The maximum Gasteiger partial charge on any atom is 0.203 e. The van der Waals surface area contributed by atoms with Crippen molar-refractivity contribution in [3.05, 3.63) is 33.9 Å². The number of Topliss-reactive ketones (excluding diaryl/α,β-unsaturated/α-hetero) is 1. The molecule has 2 aromatic rings. The molecule has 0 radical (unpaired) electrons. The first-order valence-corrected chi connectivity index (χ1v) is 8.02. The minimum absolute atomic E-state index is 0.118. The second-order valence-electron chi connectivity index (χ2n) is 4.73. The molecule has 2 N–H and O–H groups in total. The molecule has 0 unspecified atom stereocenters. The third-order valence-corrected chi connectivity index (χ3v) is 5.42. The Hall–Kier alpha value is -1.40. The average molecular weight is 307 g/mol. The molecule has 1 aromatic heterocycles. The molecule has 0 amide bonds. The summed E-state index contributed by atoms with van der Waals surface area (Å²) >= 11 is 2.69. The molecule has 0 aliphatic rings. The van der Waals surface area contributed by atoms with Crippen LogP contribution >= 0.6 is 23.1 Å². The molecule has 4 nitrogen and oxygen atoms in total. The van der Waals surface area contributed by atoms with E-state index in [0.717, 1.165) is 21.0 Å². The SMILES string of the molecule is Cc1cc(C(=O)CSc2nnc(N)s2)c(C)c(C)c1C. The predicted molar refractivity (Wildman–Crippen MR) is 84.8 cm³/mol. The number of nitrogens with two attached hydrogens (primary N) is 1. The molecule has 0 saturated carbocycles. The van der Waals surface area contributed by atoms with Gasteiger partial charge in [0.15, 0.2) is 10.1 Å². The topological polar surface area (TPSA) is 68.9 Å². The van der Waals surface area contributed by atoms with Crippen LogP contribution in [-0.4, -0.2) is 21.7 Å². The Morgan fingerprint density at radius 3 is 2.50 bits per heavy atom. The predicted octanol–water partition coefficient (Wildman–Crippen LogP) is 3.33. The van der Waals surface area contributed by atoms with Gasteiger partial charge in [-0.3, -0.25) is 4.79 Å². The summed E-state index contributed by atoms with van der Waals surface area (Å²) in [5, 5.41) is 8.08. The molecule has 106 valence electrons. The lowest BCUT2D eigenvalue weighted by atomic mass is 9.93. The Morgan fingerprint density at radius 1 is 1.20 bits per heavy atom. The van der Waals surface area contributed by atoms with Gasteiger partial charge < -0.3 is 5.73 Å². The van der Waals surface area contributed by atoms with Crippen molar-refractivity contribution in [3.63, 3.8) is 0 Å². The third kappa shape index (κ3) is 3.02. The minimum Gasteiger partial charge on any atom is -0.374 e. The summed E-state index contributed by atoms with van der Waals surface area (Å²) in [6.45, 7) is 8.19. The van der Waals surface area contributed by atoms with E-state index in [1.807, 2.05) is 19.9 Å². The number of anilines is 1. The van der Waals surface area contributed by atoms with E-state index in [9.17, 15) is 4.79 Å². The zero-order chi connectivity index (χ0) is 14.9. The van der Waals surface area contributed by atoms with Crippen LogP contribution in [0.5, 0.6) is 0 Å². The van der Waals surface area contributed by atoms with E-state index in [1.54, 1.807) is 0 Å². The van der Waals surface area contributed by atoms with Crippen LogP contribution in [0, 0.1) is 27.7 Å². The summed E-state index contributed by atoms with van der Waals surface area (Å²) in [5.74, 6) is 0.477. The Bertz CT molecular complexity index is 665. The first kappa shape index (κ1) is 15.0. The molecule has 0 fully saturated rings. The highest BCUT2D eigenvalue weighted by atomic mass is 32.2. The van der Waals surface area contributed by atoms with Gasteiger partial charge in [0.2, 0.25) is 5.13 Å². The van der Waals surface area contributed by atoms with Crippen molar-refractivity contribution in [1.29, 1.82) is 0 Å². The monoisotopic (exact) mass is 307 g/mol. The molecular weight excluding hydrogens is 290 g/mol. The van der Waals surface area contributed by atoms with Gasteiger partial charge in [-0.15, -0.1) is 10.2 Å². The van der Waals surface area contributed by atoms with Gasteiger partial charge in [0, 0.05) is 5.56 Å². The number of hydrogen-bond donors (Lipinski definition) is 1. The molecule has 20 heavy (non-hydrogen) atoms. The molecule has 2 rings (SSSR count). The van der Waals surface area contributed by atoms with Gasteiger partial charge in [0.25, 0.3) is 0 Å². The maximum absolute atomic E-state index is 12.4. The molecule has 1 aromatic carbocycles. The van der Waals surface area contributed by atoms with Crippen LogP contribution in [0.3, 0.4) is 0 Å². The van der Waals surface area contributed by atoms with Crippen LogP contribution in [0.25, 0.3) is 0 Å². The van der Waals surface area contributed by atoms with Crippen molar-refractivity contribution in [2.24, 2.45) is 0 Å². The summed E-state index contributed by atoms with van der Waals surface area (Å²) in [4.78, 5) is 12.4. The highest BCUT2D eigenvalue weighted by molar-refractivity contribution is 8.01. The zero-order valence-electron chi connectivity index (χ0n) is 12.0. The van der Waals surface area contributed by atoms with Crippen LogP contribution in [0.1, 0.15) is 32.6 Å². The normalized spacial score (nSPS) is 10.8. The molecule has 1 heterocycles. The number of ketones is 1. The summed E-state index contributed by atoms with van der Waals surface area (Å²) in [6, 6.07) is 1.98. The van der Waals surface area contributed by atoms with Gasteiger partial charge in [-0.05, 0) is 56.0 Å². The fraction of sp³-hybridized carbons (Fsp3) is 0.357. The largest absolute Gasteiger partial charge is 0.374 e. The van der Waals surface area contributed by atoms with Crippen molar-refractivity contribution < 1.29 is 4.79 Å². The van der Waals surface area contributed by atoms with Crippen molar-refractivity contribution in [2.45, 2.75) is 32.0 Å². The highest BCUT2D eigenvalue weighted by Gasteiger charge is 2.15. The molecule has 0 saturated heterocycles. The Morgan fingerprint density at radius 2 is 1.90 bits per heavy atom. The Labute approximate surface area is 126 Å². The number of aryl methyl sites for hydroxylation is 1. The molecule has 0 aliphatic carbocycles. The van der Waals surface area contributed by atoms with E-state index in [0.29, 0.717) is 10.9 Å². The summed E-state index contributed by atoms with van der Waals surface area (Å²) in [5.41, 5.74) is 11.0. The number of thioether (sulfide) groups is 1. The van der Waals surface area contributed by atoms with Crippen molar-refractivity contribution in [2.75, 3.05) is 11.5 Å². The number of carbonyl (C=O) groups is 1. The number of nitrogen functional groups attached to an aromatic ring is 1. The lowest BCUT2D eigenvalue weighted by Crippen LogP contribution is -2.08. The second-order valence-corrected chi connectivity index (χ2v) is 6.97. The van der Waals surface area contributed by atoms with Gasteiger partial charge in [-0.25, -0.2) is 0 Å². The Balaban J connectivity index is 2.17. The number of nitrogens with zero attached hydrogens (tertiary/aromatic N) is 2. The van der Waals surface area contributed by atoms with Gasteiger partial charge in [-0.1, -0.05) is 23.1 Å². The van der Waals surface area contributed by atoms with E-state index in [1.165, 1.54) is 34.2 Å². The first-order chi connectivity index (χ1) is 9.40. The summed E-state index contributed by atoms with van der Waals surface area (Å²) < 4.78 is 0.731. The number of hydrogen-bond acceptors (Lipinski definition) is 6. The van der Waals surface area contributed by atoms with Crippen molar-refractivity contribution in [1.82, 2.24) is 10.2 Å². The van der Waals surface area contributed by atoms with E-state index in [2.05, 4.69) is 24.0 Å². The molecule has 0 atom stereocenters. The number of carbonyl (C=O) groups excluding carboxylic acids is 1. The number of aromatic nitrogens is 2. The van der Waals surface area contributed by atoms with E-state index < -0.39 is 0 Å². The van der Waals surface area contributed by atoms with Gasteiger partial charge in [0.05, 0.1) is 5.75 Å². The first-order valence-electron chi connectivity index (χ1n) is 6.22. The van der Waals surface area contributed by atoms with Crippen LogP contribution in [-0.2, 0) is 0 Å². The number of benzene rings is 1. The van der Waals surface area contributed by atoms with Crippen LogP contribution in [0.4, 0.5) is 5.13 Å². The molecule has 0 spiro atoms. The standard InChI is InChI=1S/C14H17N3OS2/c1-7-5-11(10(4)9(3)8(7)2)12(18)6-19-14-17-16-13(15)20-14/h5H,6H2,1-4H3,(H2,15,16). The fourth-order valence-electron chi connectivity index (χ4n) is 1.99. The van der Waals surface area contributed by atoms with E-state index in [4.69, 9.17) is 5.73 Å². The van der Waals surface area contributed by atoms with Crippen molar-refractivity contribution >= 4 is 34.0 Å². The van der Waals surface area contributed by atoms with Crippen LogP contribution in [0.15, 0.2) is 10.4 Å². The van der Waals surface area contributed by atoms with Crippen molar-refractivity contribution in [3.8, 4) is 0 Å². The van der Waals surface area contributed by atoms with Gasteiger partial charge >= 0.3 is 0 Å². The average Bonchev–Trinajstić information content (AvgIpc) is 2.83. The van der Waals surface area contributed by atoms with Gasteiger partial charge in [0.1, 0.15) is 0 Å². The van der Waals surface area contributed by atoms with Gasteiger partial charge in [-0.2, -0.15) is 0 Å². The minimum atomic E-state index is 0.118. The van der Waals surface area contributed by atoms with Crippen LogP contribution < -0.4 is 5.73 Å². The molecular formula is C14H17N3OS2. The molecule has 0 bridgehead atoms. The summed E-state index contributed by atoms with van der Waals surface area (Å²) in [7, 11) is 0. The molecule has 0 aliphatic heterocycles. The Kier molecular flexibility index (Phi) is 4.45. The lowest BCUT2D eigenvalue weighted by molar-refractivity contribution is 0.102. The highest BCUT2D eigenvalue weighted by Crippen LogP contribution is 2.26. The van der Waals surface area contributed by atoms with Crippen LogP contribution in [0.2, 0.25) is 0 Å². The maximum atomic E-state index is 12.4. The van der Waals surface area contributed by atoms with E-state index in [-0.39, 0.29) is 5.78 Å². The second kappa shape index (κ2) is 5.93. The summed E-state index contributed by atoms with van der Waals surface area (Å²) in [6.07, 6.45) is 0. The smallest absolute Gasteiger partial charge is 0.203 e.